The number of hydrogen-bond acceptors (Lipinski definition) is 1. The predicted octanol–water partition coefficient (Wildman–Crippen LogP) is 5.03. The number of hydrogen-bond donors (Lipinski definition) is 0. The second-order valence-corrected chi connectivity index (χ2v) is 7.44. The van der Waals surface area contributed by atoms with E-state index >= 15 is 0 Å². The fraction of sp³-hybridized carbons (Fsp3) is 0.667. The van der Waals surface area contributed by atoms with Gasteiger partial charge in [-0.05, 0) is 75.7 Å². The molecular weight excluding hydrogens is 266 g/mol. The van der Waals surface area contributed by atoms with Gasteiger partial charge in [0, 0.05) is 10.6 Å². The summed E-state index contributed by atoms with van der Waals surface area (Å²) >= 11 is 6.00. The second-order valence-electron chi connectivity index (χ2n) is 7.00. The van der Waals surface area contributed by atoms with Crippen LogP contribution in [0.2, 0.25) is 5.02 Å². The number of likely N-dealkylation sites (N-methyl/N-ethyl adjacent to an activating group) is 1. The third-order valence-corrected chi connectivity index (χ3v) is 5.55. The molecule has 0 heterocycles. The van der Waals surface area contributed by atoms with Crippen molar-refractivity contribution in [2.24, 2.45) is 11.8 Å². The van der Waals surface area contributed by atoms with Gasteiger partial charge in [-0.25, -0.2) is 0 Å². The van der Waals surface area contributed by atoms with Gasteiger partial charge in [0.1, 0.15) is 0 Å². The largest absolute Gasteiger partial charge is 0.303 e. The first-order valence-corrected chi connectivity index (χ1v) is 8.23. The van der Waals surface area contributed by atoms with E-state index in [4.69, 9.17) is 11.6 Å². The average Bonchev–Trinajstić information content (AvgIpc) is 2.42. The molecule has 0 N–H and O–H groups in total. The standard InChI is InChI=1S/C18H28ClN/c1-14(2)16-9-11-18(12-10-16,20(3)4)13-15-5-7-17(19)8-6-15/h5-8,14,16H,9-13H2,1-4H3. The Morgan fingerprint density at radius 2 is 1.70 bits per heavy atom. The average molecular weight is 294 g/mol. The van der Waals surface area contributed by atoms with Crippen molar-refractivity contribution in [3.8, 4) is 0 Å². The third kappa shape index (κ3) is 3.56. The van der Waals surface area contributed by atoms with E-state index in [1.54, 1.807) is 0 Å². The molecule has 2 heteroatoms. The zero-order valence-electron chi connectivity index (χ0n) is 13.3. The molecule has 0 atom stereocenters. The van der Waals surface area contributed by atoms with E-state index in [9.17, 15) is 0 Å². The second kappa shape index (κ2) is 6.49. The summed E-state index contributed by atoms with van der Waals surface area (Å²) in [7, 11) is 4.48. The molecule has 0 amide bonds. The molecule has 1 fully saturated rings. The first kappa shape index (κ1) is 15.9. The summed E-state index contributed by atoms with van der Waals surface area (Å²) in [6.07, 6.45) is 6.49. The van der Waals surface area contributed by atoms with E-state index < -0.39 is 0 Å². The highest BCUT2D eigenvalue weighted by molar-refractivity contribution is 6.30. The van der Waals surface area contributed by atoms with E-state index in [0.717, 1.165) is 23.3 Å². The quantitative estimate of drug-likeness (QED) is 0.752. The van der Waals surface area contributed by atoms with Crippen LogP contribution in [0.4, 0.5) is 0 Å². The Morgan fingerprint density at radius 1 is 1.15 bits per heavy atom. The Balaban J connectivity index is 2.09. The zero-order chi connectivity index (χ0) is 14.8. The molecule has 112 valence electrons. The molecule has 1 aromatic carbocycles. The van der Waals surface area contributed by atoms with Gasteiger partial charge in [0.2, 0.25) is 0 Å². The van der Waals surface area contributed by atoms with Gasteiger partial charge in [-0.1, -0.05) is 37.6 Å². The summed E-state index contributed by atoms with van der Waals surface area (Å²) in [6.45, 7) is 4.74. The van der Waals surface area contributed by atoms with Crippen molar-refractivity contribution in [3.63, 3.8) is 0 Å². The van der Waals surface area contributed by atoms with E-state index in [-0.39, 0.29) is 0 Å². The van der Waals surface area contributed by atoms with Crippen LogP contribution in [0.5, 0.6) is 0 Å². The van der Waals surface area contributed by atoms with Gasteiger partial charge >= 0.3 is 0 Å². The monoisotopic (exact) mass is 293 g/mol. The summed E-state index contributed by atoms with van der Waals surface area (Å²) in [5.41, 5.74) is 1.74. The van der Waals surface area contributed by atoms with E-state index in [1.807, 2.05) is 12.1 Å². The minimum Gasteiger partial charge on any atom is -0.303 e. The van der Waals surface area contributed by atoms with Crippen molar-refractivity contribution in [1.29, 1.82) is 0 Å². The van der Waals surface area contributed by atoms with Crippen molar-refractivity contribution in [2.75, 3.05) is 14.1 Å². The van der Waals surface area contributed by atoms with Crippen molar-refractivity contribution < 1.29 is 0 Å². The van der Waals surface area contributed by atoms with Crippen molar-refractivity contribution >= 4 is 11.6 Å². The van der Waals surface area contributed by atoms with E-state index in [1.165, 1.54) is 31.2 Å². The van der Waals surface area contributed by atoms with Gasteiger partial charge in [0.15, 0.2) is 0 Å². The number of rotatable bonds is 4. The maximum Gasteiger partial charge on any atom is 0.0406 e. The highest BCUT2D eigenvalue weighted by atomic mass is 35.5. The fourth-order valence-electron chi connectivity index (χ4n) is 3.61. The van der Waals surface area contributed by atoms with Crippen molar-refractivity contribution in [1.82, 2.24) is 4.90 Å². The summed E-state index contributed by atoms with van der Waals surface area (Å²) in [5, 5.41) is 0.830. The molecular formula is C18H28ClN. The number of halogens is 1. The molecule has 2 rings (SSSR count). The molecule has 0 radical (unpaired) electrons. The van der Waals surface area contributed by atoms with Gasteiger partial charge in [0.25, 0.3) is 0 Å². The van der Waals surface area contributed by atoms with Crippen LogP contribution >= 0.6 is 11.6 Å². The lowest BCUT2D eigenvalue weighted by atomic mass is 9.70. The Morgan fingerprint density at radius 3 is 2.15 bits per heavy atom. The predicted molar refractivity (Wildman–Crippen MR) is 88.4 cm³/mol. The molecule has 0 aromatic heterocycles. The van der Waals surface area contributed by atoms with Gasteiger partial charge in [-0.3, -0.25) is 0 Å². The van der Waals surface area contributed by atoms with Gasteiger partial charge in [-0.15, -0.1) is 0 Å². The smallest absolute Gasteiger partial charge is 0.0406 e. The molecule has 1 aliphatic carbocycles. The summed E-state index contributed by atoms with van der Waals surface area (Å²) < 4.78 is 0. The van der Waals surface area contributed by atoms with Crippen LogP contribution in [-0.2, 0) is 6.42 Å². The lowest BCUT2D eigenvalue weighted by Crippen LogP contribution is -2.49. The minimum absolute atomic E-state index is 0.333. The fourth-order valence-corrected chi connectivity index (χ4v) is 3.73. The molecule has 1 aliphatic rings. The molecule has 1 saturated carbocycles. The van der Waals surface area contributed by atoms with Crippen molar-refractivity contribution in [2.45, 2.75) is 51.5 Å². The van der Waals surface area contributed by atoms with Crippen LogP contribution < -0.4 is 0 Å². The van der Waals surface area contributed by atoms with Crippen LogP contribution in [0.3, 0.4) is 0 Å². The Kier molecular flexibility index (Phi) is 5.14. The summed E-state index contributed by atoms with van der Waals surface area (Å²) in [6, 6.07) is 8.39. The van der Waals surface area contributed by atoms with Gasteiger partial charge in [-0.2, -0.15) is 0 Å². The number of benzene rings is 1. The maximum atomic E-state index is 6.00. The Bertz CT molecular complexity index is 414. The zero-order valence-corrected chi connectivity index (χ0v) is 14.1. The molecule has 0 unspecified atom stereocenters. The highest BCUT2D eigenvalue weighted by Gasteiger charge is 2.37. The van der Waals surface area contributed by atoms with E-state index in [0.29, 0.717) is 5.54 Å². The summed E-state index contributed by atoms with van der Waals surface area (Å²) in [5.74, 6) is 1.74. The normalized spacial score (nSPS) is 27.2. The van der Waals surface area contributed by atoms with E-state index in [2.05, 4.69) is 45.0 Å². The van der Waals surface area contributed by atoms with Crippen LogP contribution in [0, 0.1) is 11.8 Å². The van der Waals surface area contributed by atoms with Crippen LogP contribution in [0.15, 0.2) is 24.3 Å². The Hall–Kier alpha value is -0.530. The topological polar surface area (TPSA) is 3.24 Å². The first-order chi connectivity index (χ1) is 9.43. The highest BCUT2D eigenvalue weighted by Crippen LogP contribution is 2.40. The van der Waals surface area contributed by atoms with Crippen LogP contribution in [0.25, 0.3) is 0 Å². The van der Waals surface area contributed by atoms with Crippen LogP contribution in [-0.4, -0.2) is 24.5 Å². The lowest BCUT2D eigenvalue weighted by molar-refractivity contribution is 0.0683. The third-order valence-electron chi connectivity index (χ3n) is 5.30. The first-order valence-electron chi connectivity index (χ1n) is 7.85. The molecule has 0 bridgehead atoms. The molecule has 1 aromatic rings. The molecule has 0 saturated heterocycles. The molecule has 0 aliphatic heterocycles. The molecule has 20 heavy (non-hydrogen) atoms. The maximum absolute atomic E-state index is 6.00. The van der Waals surface area contributed by atoms with Gasteiger partial charge < -0.3 is 4.90 Å². The van der Waals surface area contributed by atoms with Gasteiger partial charge in [0.05, 0.1) is 0 Å². The molecule has 1 nitrogen and oxygen atoms in total. The Labute approximate surface area is 129 Å². The van der Waals surface area contributed by atoms with Crippen LogP contribution in [0.1, 0.15) is 45.1 Å². The molecule has 0 spiro atoms. The van der Waals surface area contributed by atoms with Crippen molar-refractivity contribution in [3.05, 3.63) is 34.9 Å². The minimum atomic E-state index is 0.333. The SMILES string of the molecule is CC(C)C1CCC(Cc2ccc(Cl)cc2)(N(C)C)CC1. The summed E-state index contributed by atoms with van der Waals surface area (Å²) in [4.78, 5) is 2.46. The lowest BCUT2D eigenvalue weighted by Gasteiger charge is -2.46. The number of nitrogens with zero attached hydrogens (tertiary/aromatic N) is 1.